The SMILES string of the molecule is Cc1cc(N=CC=Cc2ccccc2)ccc1Br. The van der Waals surface area contributed by atoms with Crippen molar-refractivity contribution in [3.63, 3.8) is 0 Å². The Balaban J connectivity index is 2.03. The minimum absolute atomic E-state index is 0.966. The van der Waals surface area contributed by atoms with Crippen LogP contribution in [0.3, 0.4) is 0 Å². The van der Waals surface area contributed by atoms with Crippen LogP contribution >= 0.6 is 15.9 Å². The zero-order valence-electron chi connectivity index (χ0n) is 10.2. The van der Waals surface area contributed by atoms with Crippen LogP contribution in [0.15, 0.2) is 64.1 Å². The van der Waals surface area contributed by atoms with Crippen LogP contribution in [0, 0.1) is 6.92 Å². The molecule has 1 nitrogen and oxygen atoms in total. The summed E-state index contributed by atoms with van der Waals surface area (Å²) in [6.45, 7) is 2.06. The Hall–Kier alpha value is -1.67. The van der Waals surface area contributed by atoms with Crippen molar-refractivity contribution in [2.24, 2.45) is 4.99 Å². The van der Waals surface area contributed by atoms with Gasteiger partial charge in [0.05, 0.1) is 5.69 Å². The fourth-order valence-electron chi connectivity index (χ4n) is 1.56. The summed E-state index contributed by atoms with van der Waals surface area (Å²) in [5.74, 6) is 0. The number of nitrogens with zero attached hydrogens (tertiary/aromatic N) is 1. The number of aliphatic imine (C=N–C) groups is 1. The van der Waals surface area contributed by atoms with Gasteiger partial charge in [0.25, 0.3) is 0 Å². The number of aryl methyl sites for hydroxylation is 1. The summed E-state index contributed by atoms with van der Waals surface area (Å²) in [5.41, 5.74) is 3.33. The maximum atomic E-state index is 4.39. The van der Waals surface area contributed by atoms with Gasteiger partial charge in [-0.1, -0.05) is 52.3 Å². The van der Waals surface area contributed by atoms with Crippen molar-refractivity contribution in [2.45, 2.75) is 6.92 Å². The quantitative estimate of drug-likeness (QED) is 0.693. The lowest BCUT2D eigenvalue weighted by Crippen LogP contribution is -1.74. The molecule has 0 amide bonds. The Kier molecular flexibility index (Phi) is 4.48. The van der Waals surface area contributed by atoms with E-state index in [0.29, 0.717) is 0 Å². The molecule has 0 spiro atoms. The van der Waals surface area contributed by atoms with Crippen LogP contribution in [0.5, 0.6) is 0 Å². The normalized spacial score (nSPS) is 11.4. The molecule has 0 saturated heterocycles. The first-order valence-corrected chi connectivity index (χ1v) is 6.57. The van der Waals surface area contributed by atoms with Crippen LogP contribution in [0.1, 0.15) is 11.1 Å². The molecule has 18 heavy (non-hydrogen) atoms. The van der Waals surface area contributed by atoms with Crippen LogP contribution in [0.4, 0.5) is 5.69 Å². The second kappa shape index (κ2) is 6.31. The minimum atomic E-state index is 0.966. The molecule has 2 aromatic carbocycles. The molecular weight excluding hydrogens is 286 g/mol. The molecule has 0 heterocycles. The maximum absolute atomic E-state index is 4.39. The first-order chi connectivity index (χ1) is 8.75. The molecule has 0 aliphatic rings. The smallest absolute Gasteiger partial charge is 0.0633 e. The summed E-state index contributed by atoms with van der Waals surface area (Å²) in [6.07, 6.45) is 5.80. The summed E-state index contributed by atoms with van der Waals surface area (Å²) < 4.78 is 1.11. The van der Waals surface area contributed by atoms with E-state index in [1.165, 1.54) is 11.1 Å². The molecule has 0 N–H and O–H groups in total. The van der Waals surface area contributed by atoms with Gasteiger partial charge < -0.3 is 0 Å². The number of hydrogen-bond donors (Lipinski definition) is 0. The highest BCUT2D eigenvalue weighted by Crippen LogP contribution is 2.21. The highest BCUT2D eigenvalue weighted by Gasteiger charge is 1.94. The Morgan fingerprint density at radius 2 is 1.83 bits per heavy atom. The third-order valence-corrected chi connectivity index (χ3v) is 3.43. The van der Waals surface area contributed by atoms with Crippen LogP contribution in [-0.2, 0) is 0 Å². The monoisotopic (exact) mass is 299 g/mol. The van der Waals surface area contributed by atoms with Gasteiger partial charge in [-0.25, -0.2) is 0 Å². The topological polar surface area (TPSA) is 12.4 Å². The minimum Gasteiger partial charge on any atom is -0.257 e. The molecule has 90 valence electrons. The Morgan fingerprint density at radius 1 is 1.06 bits per heavy atom. The van der Waals surface area contributed by atoms with Gasteiger partial charge in [0, 0.05) is 10.7 Å². The average molecular weight is 300 g/mol. The van der Waals surface area contributed by atoms with Gasteiger partial charge >= 0.3 is 0 Å². The van der Waals surface area contributed by atoms with E-state index in [0.717, 1.165) is 10.2 Å². The second-order valence-electron chi connectivity index (χ2n) is 3.98. The van der Waals surface area contributed by atoms with Crippen LogP contribution < -0.4 is 0 Å². The number of benzene rings is 2. The molecule has 2 aromatic rings. The number of hydrogen-bond acceptors (Lipinski definition) is 1. The van der Waals surface area contributed by atoms with Crippen molar-refractivity contribution in [3.8, 4) is 0 Å². The van der Waals surface area contributed by atoms with E-state index in [2.05, 4.69) is 46.0 Å². The molecular formula is C16H14BrN. The Morgan fingerprint density at radius 3 is 2.56 bits per heavy atom. The number of allylic oxidation sites excluding steroid dienone is 1. The van der Waals surface area contributed by atoms with E-state index in [1.54, 1.807) is 0 Å². The van der Waals surface area contributed by atoms with Gasteiger partial charge in [-0.15, -0.1) is 0 Å². The fourth-order valence-corrected chi connectivity index (χ4v) is 1.80. The summed E-state index contributed by atoms with van der Waals surface area (Å²) in [5, 5.41) is 0. The van der Waals surface area contributed by atoms with Gasteiger partial charge in [-0.2, -0.15) is 0 Å². The molecule has 0 unspecified atom stereocenters. The third kappa shape index (κ3) is 3.67. The molecule has 0 radical (unpaired) electrons. The second-order valence-corrected chi connectivity index (χ2v) is 4.84. The highest BCUT2D eigenvalue weighted by molar-refractivity contribution is 9.10. The molecule has 2 heteroatoms. The van der Waals surface area contributed by atoms with E-state index in [-0.39, 0.29) is 0 Å². The predicted octanol–water partition coefficient (Wildman–Crippen LogP) is 5.17. The van der Waals surface area contributed by atoms with E-state index >= 15 is 0 Å². The predicted molar refractivity (Wildman–Crippen MR) is 82.5 cm³/mol. The van der Waals surface area contributed by atoms with Crippen molar-refractivity contribution >= 4 is 33.9 Å². The lowest BCUT2D eigenvalue weighted by atomic mass is 10.2. The first kappa shape index (κ1) is 12.8. The molecule has 0 aliphatic heterocycles. The zero-order valence-corrected chi connectivity index (χ0v) is 11.8. The molecule has 0 saturated carbocycles. The maximum Gasteiger partial charge on any atom is 0.0633 e. The zero-order chi connectivity index (χ0) is 12.8. The standard InChI is InChI=1S/C16H14BrN/c1-13-12-15(9-10-16(13)17)18-11-5-8-14-6-3-2-4-7-14/h2-12H,1H3. The molecule has 0 bridgehead atoms. The Labute approximate surface area is 116 Å². The average Bonchev–Trinajstić information content (AvgIpc) is 2.40. The first-order valence-electron chi connectivity index (χ1n) is 5.77. The highest BCUT2D eigenvalue weighted by atomic mass is 79.9. The van der Waals surface area contributed by atoms with Gasteiger partial charge in [0.15, 0.2) is 0 Å². The summed E-state index contributed by atoms with van der Waals surface area (Å²) >= 11 is 3.48. The van der Waals surface area contributed by atoms with E-state index in [9.17, 15) is 0 Å². The molecule has 2 rings (SSSR count). The molecule has 0 fully saturated rings. The molecule has 0 atom stereocenters. The lowest BCUT2D eigenvalue weighted by molar-refractivity contribution is 1.40. The van der Waals surface area contributed by atoms with Gasteiger partial charge in [0.2, 0.25) is 0 Å². The summed E-state index contributed by atoms with van der Waals surface area (Å²) in [4.78, 5) is 4.39. The van der Waals surface area contributed by atoms with Crippen molar-refractivity contribution in [3.05, 3.63) is 70.2 Å². The van der Waals surface area contributed by atoms with Crippen molar-refractivity contribution in [1.29, 1.82) is 0 Å². The van der Waals surface area contributed by atoms with Gasteiger partial charge in [-0.05, 0) is 42.3 Å². The van der Waals surface area contributed by atoms with E-state index in [1.807, 2.05) is 48.7 Å². The lowest BCUT2D eigenvalue weighted by Gasteiger charge is -1.98. The van der Waals surface area contributed by atoms with E-state index in [4.69, 9.17) is 0 Å². The van der Waals surface area contributed by atoms with Crippen molar-refractivity contribution in [1.82, 2.24) is 0 Å². The number of halogens is 1. The summed E-state index contributed by atoms with van der Waals surface area (Å²) in [6, 6.07) is 16.2. The van der Waals surface area contributed by atoms with E-state index < -0.39 is 0 Å². The third-order valence-electron chi connectivity index (χ3n) is 2.54. The van der Waals surface area contributed by atoms with Crippen LogP contribution in [0.2, 0.25) is 0 Å². The van der Waals surface area contributed by atoms with Crippen molar-refractivity contribution < 1.29 is 0 Å². The largest absolute Gasteiger partial charge is 0.257 e. The number of rotatable bonds is 3. The molecule has 0 aliphatic carbocycles. The van der Waals surface area contributed by atoms with Crippen LogP contribution in [0.25, 0.3) is 6.08 Å². The summed E-state index contributed by atoms with van der Waals surface area (Å²) in [7, 11) is 0. The Bertz CT molecular complexity index is 571. The molecule has 0 aromatic heterocycles. The van der Waals surface area contributed by atoms with Gasteiger partial charge in [0.1, 0.15) is 0 Å². The van der Waals surface area contributed by atoms with Gasteiger partial charge in [-0.3, -0.25) is 4.99 Å². The van der Waals surface area contributed by atoms with Crippen LogP contribution in [-0.4, -0.2) is 6.21 Å². The fraction of sp³-hybridized carbons (Fsp3) is 0.0625. The van der Waals surface area contributed by atoms with Crippen molar-refractivity contribution in [2.75, 3.05) is 0 Å².